The zero-order valence-corrected chi connectivity index (χ0v) is 11.7. The summed E-state index contributed by atoms with van der Waals surface area (Å²) in [6, 6.07) is 13.6. The van der Waals surface area contributed by atoms with Gasteiger partial charge in [0.15, 0.2) is 5.78 Å². The van der Waals surface area contributed by atoms with Crippen molar-refractivity contribution in [2.45, 2.75) is 12.5 Å². The van der Waals surface area contributed by atoms with Gasteiger partial charge >= 0.3 is 6.41 Å². The first kappa shape index (κ1) is 13.8. The molecule has 1 radical (unpaired) electrons. The number of benzene rings is 2. The normalized spacial score (nSPS) is 18.7. The second kappa shape index (κ2) is 6.06. The van der Waals surface area contributed by atoms with E-state index >= 15 is 0 Å². The maximum Gasteiger partial charge on any atom is 0.312 e. The molecule has 0 saturated carbocycles. The van der Waals surface area contributed by atoms with Crippen LogP contribution in [0.2, 0.25) is 0 Å². The van der Waals surface area contributed by atoms with Gasteiger partial charge in [-0.25, -0.2) is 0 Å². The number of amides is 1. The van der Waals surface area contributed by atoms with E-state index in [1.54, 1.807) is 0 Å². The lowest BCUT2D eigenvalue weighted by Gasteiger charge is -2.31. The van der Waals surface area contributed by atoms with Crippen molar-refractivity contribution in [2.75, 3.05) is 19.6 Å². The fourth-order valence-electron chi connectivity index (χ4n) is 2.85. The van der Waals surface area contributed by atoms with E-state index in [4.69, 9.17) is 0 Å². The minimum Gasteiger partial charge on any atom is -0.322 e. The Balaban J connectivity index is 1.84. The average molecular weight is 281 g/mol. The number of carbonyl (C=O) groups is 1. The quantitative estimate of drug-likeness (QED) is 0.919. The minimum atomic E-state index is -0.407. The van der Waals surface area contributed by atoms with Crippen LogP contribution in [0, 0.1) is 0 Å². The largest absolute Gasteiger partial charge is 0.322 e. The molecule has 0 aliphatic carbocycles. The van der Waals surface area contributed by atoms with E-state index in [0.29, 0.717) is 26.1 Å². The van der Waals surface area contributed by atoms with Crippen LogP contribution in [0.3, 0.4) is 0 Å². The number of hydrogen-bond donors (Lipinski definition) is 1. The lowest BCUT2D eigenvalue weighted by molar-refractivity contribution is -0.122. The lowest BCUT2D eigenvalue weighted by atomic mass is 9.97. The van der Waals surface area contributed by atoms with E-state index < -0.39 is 6.04 Å². The number of carbonyl (C=O) groups excluding carboxylic acids is 2. The second-order valence-electron chi connectivity index (χ2n) is 5.29. The summed E-state index contributed by atoms with van der Waals surface area (Å²) in [6.45, 7) is 1.77. The fraction of sp³-hybridized carbons (Fsp3) is 0.294. The van der Waals surface area contributed by atoms with Crippen molar-refractivity contribution >= 4 is 23.0 Å². The van der Waals surface area contributed by atoms with Crippen LogP contribution in [0.1, 0.15) is 5.56 Å². The molecule has 107 valence electrons. The number of hydrogen-bond acceptors (Lipinski definition) is 3. The number of nitrogens with one attached hydrogen (secondary N) is 1. The van der Waals surface area contributed by atoms with E-state index in [1.807, 2.05) is 48.9 Å². The van der Waals surface area contributed by atoms with Crippen LogP contribution in [0.15, 0.2) is 42.5 Å². The van der Waals surface area contributed by atoms with Gasteiger partial charge in [0, 0.05) is 26.1 Å². The van der Waals surface area contributed by atoms with Gasteiger partial charge in [-0.15, -0.1) is 0 Å². The molecule has 1 aliphatic heterocycles. The molecule has 1 unspecified atom stereocenters. The number of Topliss-reactive ketones (excluding diaryl/α,β-unsaturated/α-hetero) is 1. The Morgan fingerprint density at radius 1 is 1.24 bits per heavy atom. The summed E-state index contributed by atoms with van der Waals surface area (Å²) in [7, 11) is 0. The summed E-state index contributed by atoms with van der Waals surface area (Å²) < 4.78 is 0. The Morgan fingerprint density at radius 2 is 2.05 bits per heavy atom. The van der Waals surface area contributed by atoms with Crippen LogP contribution in [0.25, 0.3) is 10.8 Å². The first-order valence-electron chi connectivity index (χ1n) is 7.14. The molecule has 0 spiro atoms. The van der Waals surface area contributed by atoms with Gasteiger partial charge in [-0.05, 0) is 16.3 Å². The molecule has 0 aromatic heterocycles. The Morgan fingerprint density at radius 3 is 2.90 bits per heavy atom. The molecule has 3 rings (SSSR count). The highest BCUT2D eigenvalue weighted by atomic mass is 16.1. The Kier molecular flexibility index (Phi) is 3.97. The van der Waals surface area contributed by atoms with Crippen LogP contribution < -0.4 is 5.32 Å². The summed E-state index contributed by atoms with van der Waals surface area (Å²) in [6.07, 6.45) is 2.22. The van der Waals surface area contributed by atoms with Gasteiger partial charge in [-0.1, -0.05) is 42.5 Å². The Hall–Kier alpha value is -2.20. The molecule has 0 bridgehead atoms. The smallest absolute Gasteiger partial charge is 0.312 e. The van der Waals surface area contributed by atoms with Gasteiger partial charge < -0.3 is 10.2 Å². The molecule has 2 aromatic carbocycles. The van der Waals surface area contributed by atoms with Gasteiger partial charge in [0.2, 0.25) is 0 Å². The van der Waals surface area contributed by atoms with Gasteiger partial charge in [-0.2, -0.15) is 0 Å². The molecule has 1 fully saturated rings. The minimum absolute atomic E-state index is 0.0573. The maximum atomic E-state index is 12.5. The van der Waals surface area contributed by atoms with E-state index in [1.165, 1.54) is 4.90 Å². The number of rotatable bonds is 4. The summed E-state index contributed by atoms with van der Waals surface area (Å²) in [5, 5.41) is 5.39. The first-order chi connectivity index (χ1) is 10.3. The summed E-state index contributed by atoms with van der Waals surface area (Å²) in [5.74, 6) is 0.0573. The third kappa shape index (κ3) is 2.81. The number of fused-ring (bicyclic) bond motifs is 1. The van der Waals surface area contributed by atoms with Crippen LogP contribution in [-0.2, 0) is 16.0 Å². The van der Waals surface area contributed by atoms with E-state index in [-0.39, 0.29) is 5.78 Å². The molecule has 1 amide bonds. The van der Waals surface area contributed by atoms with Crippen molar-refractivity contribution in [1.29, 1.82) is 0 Å². The predicted molar refractivity (Wildman–Crippen MR) is 81.7 cm³/mol. The third-order valence-corrected chi connectivity index (χ3v) is 3.98. The number of piperazine rings is 1. The van der Waals surface area contributed by atoms with Crippen LogP contribution >= 0.6 is 0 Å². The molecular weight excluding hydrogens is 264 g/mol. The van der Waals surface area contributed by atoms with Gasteiger partial charge in [-0.3, -0.25) is 9.59 Å². The van der Waals surface area contributed by atoms with E-state index in [0.717, 1.165) is 16.3 Å². The van der Waals surface area contributed by atoms with E-state index in [2.05, 4.69) is 5.32 Å². The lowest BCUT2D eigenvalue weighted by Crippen LogP contribution is -2.54. The number of nitrogens with zero attached hydrogens (tertiary/aromatic N) is 1. The molecular formula is C17H17N2O2. The Bertz CT molecular complexity index is 663. The van der Waals surface area contributed by atoms with E-state index in [9.17, 15) is 9.59 Å². The Labute approximate surface area is 123 Å². The van der Waals surface area contributed by atoms with Crippen molar-refractivity contribution in [3.05, 3.63) is 48.0 Å². The van der Waals surface area contributed by atoms with Crippen molar-refractivity contribution in [2.24, 2.45) is 0 Å². The molecule has 1 aliphatic rings. The molecule has 1 atom stereocenters. The van der Waals surface area contributed by atoms with Crippen molar-refractivity contribution < 1.29 is 9.59 Å². The highest BCUT2D eigenvalue weighted by Crippen LogP contribution is 2.20. The molecule has 4 heteroatoms. The number of ketones is 1. The molecule has 1 N–H and O–H groups in total. The monoisotopic (exact) mass is 281 g/mol. The first-order valence-corrected chi connectivity index (χ1v) is 7.14. The van der Waals surface area contributed by atoms with Gasteiger partial charge in [0.1, 0.15) is 6.04 Å². The maximum absolute atomic E-state index is 12.5. The average Bonchev–Trinajstić information content (AvgIpc) is 2.55. The summed E-state index contributed by atoms with van der Waals surface area (Å²) >= 11 is 0. The predicted octanol–water partition coefficient (Wildman–Crippen LogP) is 1.29. The van der Waals surface area contributed by atoms with Crippen LogP contribution in [-0.4, -0.2) is 42.8 Å². The zero-order valence-electron chi connectivity index (χ0n) is 11.7. The summed E-state index contributed by atoms with van der Waals surface area (Å²) in [4.78, 5) is 25.0. The second-order valence-corrected chi connectivity index (χ2v) is 5.29. The highest BCUT2D eigenvalue weighted by Gasteiger charge is 2.28. The summed E-state index contributed by atoms with van der Waals surface area (Å²) in [5.41, 5.74) is 1.01. The van der Waals surface area contributed by atoms with Gasteiger partial charge in [0.25, 0.3) is 0 Å². The van der Waals surface area contributed by atoms with Crippen LogP contribution in [0.5, 0.6) is 0 Å². The molecule has 4 nitrogen and oxygen atoms in total. The SMILES string of the molecule is O=[C]N1CCNCC1C(=O)Cc1cccc2ccccc12. The van der Waals surface area contributed by atoms with Crippen molar-refractivity contribution in [3.8, 4) is 0 Å². The van der Waals surface area contributed by atoms with Crippen molar-refractivity contribution in [3.63, 3.8) is 0 Å². The topological polar surface area (TPSA) is 49.4 Å². The van der Waals surface area contributed by atoms with Crippen molar-refractivity contribution in [1.82, 2.24) is 10.2 Å². The molecule has 1 saturated heterocycles. The third-order valence-electron chi connectivity index (χ3n) is 3.98. The van der Waals surface area contributed by atoms with Crippen LogP contribution in [0.4, 0.5) is 0 Å². The standard InChI is InChI=1S/C17H17N2O2/c20-12-19-9-8-18-11-16(19)17(21)10-14-6-3-5-13-4-1-2-7-15(13)14/h1-7,16,18H,8-11H2. The molecule has 2 aromatic rings. The molecule has 1 heterocycles. The van der Waals surface area contributed by atoms with Gasteiger partial charge in [0.05, 0.1) is 0 Å². The fourth-order valence-corrected chi connectivity index (χ4v) is 2.85. The highest BCUT2D eigenvalue weighted by molar-refractivity contribution is 5.93. The molecule has 21 heavy (non-hydrogen) atoms. The zero-order chi connectivity index (χ0) is 14.7.